The van der Waals surface area contributed by atoms with Crippen LogP contribution in [0.15, 0.2) is 6.07 Å². The molecule has 0 saturated carbocycles. The summed E-state index contributed by atoms with van der Waals surface area (Å²) in [6.45, 7) is 6.90. The maximum Gasteiger partial charge on any atom is 0.136 e. The third-order valence-corrected chi connectivity index (χ3v) is 3.15. The Morgan fingerprint density at radius 3 is 2.89 bits per heavy atom. The highest BCUT2D eigenvalue weighted by Crippen LogP contribution is 2.23. The van der Waals surface area contributed by atoms with Gasteiger partial charge in [0.25, 0.3) is 0 Å². The van der Waals surface area contributed by atoms with E-state index in [1.165, 1.54) is 0 Å². The second-order valence-corrected chi connectivity index (χ2v) is 4.84. The lowest BCUT2D eigenvalue weighted by molar-refractivity contribution is 0.193. The Bertz CT molecular complexity index is 375. The van der Waals surface area contributed by atoms with Crippen molar-refractivity contribution in [1.82, 2.24) is 9.97 Å². The summed E-state index contributed by atoms with van der Waals surface area (Å²) < 4.78 is 5.43. The summed E-state index contributed by atoms with van der Waals surface area (Å²) >= 11 is 0. The Morgan fingerprint density at radius 1 is 1.33 bits per heavy atom. The molecular formula is C14H23N3O. The molecular weight excluding hydrogens is 226 g/mol. The van der Waals surface area contributed by atoms with Crippen LogP contribution in [0.4, 0.5) is 5.82 Å². The molecule has 4 heteroatoms. The molecule has 1 aliphatic rings. The minimum absolute atomic E-state index is 0.379. The van der Waals surface area contributed by atoms with Crippen LogP contribution in [0, 0.1) is 0 Å². The highest BCUT2D eigenvalue weighted by Gasteiger charge is 2.21. The van der Waals surface area contributed by atoms with Crippen molar-refractivity contribution < 1.29 is 4.74 Å². The van der Waals surface area contributed by atoms with Crippen molar-refractivity contribution in [2.24, 2.45) is 0 Å². The van der Waals surface area contributed by atoms with Crippen molar-refractivity contribution in [3.8, 4) is 0 Å². The smallest absolute Gasteiger partial charge is 0.136 e. The molecule has 4 nitrogen and oxygen atoms in total. The van der Waals surface area contributed by atoms with Crippen LogP contribution in [0.1, 0.15) is 50.5 Å². The number of hydrogen-bond acceptors (Lipinski definition) is 4. The first-order chi connectivity index (χ1) is 8.83. The van der Waals surface area contributed by atoms with Gasteiger partial charge >= 0.3 is 0 Å². The molecule has 1 aromatic heterocycles. The maximum absolute atomic E-state index is 5.43. The molecule has 1 atom stereocenters. The van der Waals surface area contributed by atoms with Crippen molar-refractivity contribution in [2.45, 2.75) is 45.4 Å². The van der Waals surface area contributed by atoms with E-state index in [0.29, 0.717) is 5.92 Å². The van der Waals surface area contributed by atoms with E-state index in [1.54, 1.807) is 0 Å². The van der Waals surface area contributed by atoms with Gasteiger partial charge in [-0.05, 0) is 19.3 Å². The minimum atomic E-state index is 0.379. The SMILES string of the molecule is CCCNc1cc(CCC)nc(C2CCOC2)n1. The standard InChI is InChI=1S/C14H23N3O/c1-3-5-12-9-13(15-7-4-2)17-14(16-12)11-6-8-18-10-11/h9,11H,3-8,10H2,1-2H3,(H,15,16,17). The number of nitrogens with zero attached hydrogens (tertiary/aromatic N) is 2. The van der Waals surface area contributed by atoms with E-state index in [4.69, 9.17) is 4.74 Å². The Morgan fingerprint density at radius 2 is 2.22 bits per heavy atom. The van der Waals surface area contributed by atoms with E-state index < -0.39 is 0 Å². The van der Waals surface area contributed by atoms with Crippen molar-refractivity contribution in [2.75, 3.05) is 25.1 Å². The lowest BCUT2D eigenvalue weighted by Gasteiger charge is -2.12. The molecule has 0 bridgehead atoms. The summed E-state index contributed by atoms with van der Waals surface area (Å²) in [6, 6.07) is 2.08. The highest BCUT2D eigenvalue weighted by atomic mass is 16.5. The fourth-order valence-corrected chi connectivity index (χ4v) is 2.17. The second kappa shape index (κ2) is 6.69. The van der Waals surface area contributed by atoms with Crippen molar-refractivity contribution in [3.05, 3.63) is 17.6 Å². The molecule has 2 heterocycles. The monoisotopic (exact) mass is 249 g/mol. The zero-order valence-corrected chi connectivity index (χ0v) is 11.4. The van der Waals surface area contributed by atoms with E-state index in [9.17, 15) is 0 Å². The van der Waals surface area contributed by atoms with E-state index in [1.807, 2.05) is 0 Å². The van der Waals surface area contributed by atoms with E-state index >= 15 is 0 Å². The van der Waals surface area contributed by atoms with E-state index in [-0.39, 0.29) is 0 Å². The number of nitrogens with one attached hydrogen (secondary N) is 1. The van der Waals surface area contributed by atoms with Gasteiger partial charge in [0.15, 0.2) is 0 Å². The average Bonchev–Trinajstić information content (AvgIpc) is 2.90. The number of hydrogen-bond donors (Lipinski definition) is 1. The number of ether oxygens (including phenoxy) is 1. The molecule has 1 saturated heterocycles. The third-order valence-electron chi connectivity index (χ3n) is 3.15. The van der Waals surface area contributed by atoms with Crippen molar-refractivity contribution >= 4 is 5.82 Å². The first-order valence-electron chi connectivity index (χ1n) is 7.03. The first-order valence-corrected chi connectivity index (χ1v) is 7.03. The van der Waals surface area contributed by atoms with Crippen LogP contribution in [-0.4, -0.2) is 29.7 Å². The van der Waals surface area contributed by atoms with Gasteiger partial charge in [0, 0.05) is 30.8 Å². The number of aryl methyl sites for hydroxylation is 1. The van der Waals surface area contributed by atoms with E-state index in [2.05, 4.69) is 35.2 Å². The summed E-state index contributed by atoms with van der Waals surface area (Å²) in [4.78, 5) is 9.32. The number of rotatable bonds is 6. The Kier molecular flexibility index (Phi) is 4.93. The summed E-state index contributed by atoms with van der Waals surface area (Å²) in [6.07, 6.45) is 4.28. The molecule has 1 aliphatic heterocycles. The van der Waals surface area contributed by atoms with Gasteiger partial charge in [-0.1, -0.05) is 20.3 Å². The maximum atomic E-state index is 5.43. The summed E-state index contributed by atoms with van der Waals surface area (Å²) in [5.41, 5.74) is 1.15. The minimum Gasteiger partial charge on any atom is -0.381 e. The Labute approximate surface area is 109 Å². The van der Waals surface area contributed by atoms with Crippen LogP contribution in [0.25, 0.3) is 0 Å². The van der Waals surface area contributed by atoms with Crippen LogP contribution in [0.3, 0.4) is 0 Å². The van der Waals surface area contributed by atoms with Gasteiger partial charge in [-0.25, -0.2) is 9.97 Å². The fourth-order valence-electron chi connectivity index (χ4n) is 2.17. The third kappa shape index (κ3) is 3.42. The van der Waals surface area contributed by atoms with Crippen LogP contribution in [-0.2, 0) is 11.2 Å². The molecule has 1 N–H and O–H groups in total. The normalized spacial score (nSPS) is 19.1. The number of aromatic nitrogens is 2. The molecule has 1 unspecified atom stereocenters. The van der Waals surface area contributed by atoms with Gasteiger partial charge in [0.2, 0.25) is 0 Å². The van der Waals surface area contributed by atoms with Gasteiger partial charge in [-0.3, -0.25) is 0 Å². The predicted molar refractivity (Wildman–Crippen MR) is 73.0 cm³/mol. The van der Waals surface area contributed by atoms with Crippen LogP contribution >= 0.6 is 0 Å². The topological polar surface area (TPSA) is 47.0 Å². The van der Waals surface area contributed by atoms with Gasteiger partial charge in [0.1, 0.15) is 11.6 Å². The lowest BCUT2D eigenvalue weighted by atomic mass is 10.1. The molecule has 1 aromatic rings. The van der Waals surface area contributed by atoms with Crippen molar-refractivity contribution in [3.63, 3.8) is 0 Å². The lowest BCUT2D eigenvalue weighted by Crippen LogP contribution is -2.10. The predicted octanol–water partition coefficient (Wildman–Crippen LogP) is 2.75. The summed E-state index contributed by atoms with van der Waals surface area (Å²) in [5.74, 6) is 2.30. The quantitative estimate of drug-likeness (QED) is 0.842. The second-order valence-electron chi connectivity index (χ2n) is 4.84. The zero-order valence-electron chi connectivity index (χ0n) is 11.4. The molecule has 0 radical (unpaired) electrons. The molecule has 0 aromatic carbocycles. The number of anilines is 1. The summed E-state index contributed by atoms with van der Waals surface area (Å²) in [5, 5.41) is 3.37. The molecule has 100 valence electrons. The van der Waals surface area contributed by atoms with E-state index in [0.717, 1.165) is 62.8 Å². The van der Waals surface area contributed by atoms with Crippen molar-refractivity contribution in [1.29, 1.82) is 0 Å². The van der Waals surface area contributed by atoms with Gasteiger partial charge in [-0.15, -0.1) is 0 Å². The fraction of sp³-hybridized carbons (Fsp3) is 0.714. The Hall–Kier alpha value is -1.16. The molecule has 0 amide bonds. The molecule has 0 aliphatic carbocycles. The average molecular weight is 249 g/mol. The molecule has 18 heavy (non-hydrogen) atoms. The first kappa shape index (κ1) is 13.3. The highest BCUT2D eigenvalue weighted by molar-refractivity contribution is 5.36. The van der Waals surface area contributed by atoms with Gasteiger partial charge in [0.05, 0.1) is 6.61 Å². The van der Waals surface area contributed by atoms with Crippen LogP contribution in [0.5, 0.6) is 0 Å². The molecule has 2 rings (SSSR count). The Balaban J connectivity index is 2.17. The van der Waals surface area contributed by atoms with Gasteiger partial charge < -0.3 is 10.1 Å². The molecule has 1 fully saturated rings. The largest absolute Gasteiger partial charge is 0.381 e. The zero-order chi connectivity index (χ0) is 12.8. The summed E-state index contributed by atoms with van der Waals surface area (Å²) in [7, 11) is 0. The van der Waals surface area contributed by atoms with Crippen LogP contribution in [0.2, 0.25) is 0 Å². The van der Waals surface area contributed by atoms with Crippen LogP contribution < -0.4 is 5.32 Å². The molecule has 0 spiro atoms. The van der Waals surface area contributed by atoms with Gasteiger partial charge in [-0.2, -0.15) is 0 Å².